The number of aliphatic imine (C=N–C) groups is 1. The van der Waals surface area contributed by atoms with Crippen LogP contribution in [0.3, 0.4) is 0 Å². The average Bonchev–Trinajstić information content (AvgIpc) is 3.19. The number of hydrogen-bond acceptors (Lipinski definition) is 5. The third-order valence-electron chi connectivity index (χ3n) is 4.22. The van der Waals surface area contributed by atoms with E-state index in [1.54, 1.807) is 19.2 Å². The SMILES string of the molecule is C=CCOc1ccccc1CNC(=NC)NCc1cc2c(cc1OC(F)F)OCO2.I. The average molecular weight is 547 g/mol. The Bertz CT molecular complexity index is 912. The molecule has 0 unspecified atom stereocenters. The van der Waals surface area contributed by atoms with E-state index in [0.29, 0.717) is 36.2 Å². The summed E-state index contributed by atoms with van der Waals surface area (Å²) in [7, 11) is 1.62. The van der Waals surface area contributed by atoms with E-state index in [2.05, 4.69) is 26.9 Å². The molecule has 1 aliphatic rings. The second-order valence-corrected chi connectivity index (χ2v) is 6.18. The van der Waals surface area contributed by atoms with Gasteiger partial charge in [0.2, 0.25) is 6.79 Å². The number of ether oxygens (including phenoxy) is 4. The summed E-state index contributed by atoms with van der Waals surface area (Å²) in [5.74, 6) is 2.08. The number of halogens is 3. The highest BCUT2D eigenvalue weighted by molar-refractivity contribution is 14.0. The van der Waals surface area contributed by atoms with Gasteiger partial charge >= 0.3 is 6.61 Å². The van der Waals surface area contributed by atoms with Crippen LogP contribution in [0.15, 0.2) is 54.0 Å². The van der Waals surface area contributed by atoms with E-state index in [4.69, 9.17) is 14.2 Å². The molecule has 7 nitrogen and oxygen atoms in total. The maximum absolute atomic E-state index is 12.8. The molecule has 0 spiro atoms. The lowest BCUT2D eigenvalue weighted by Crippen LogP contribution is -2.36. The molecule has 0 bridgehead atoms. The summed E-state index contributed by atoms with van der Waals surface area (Å²) >= 11 is 0. The fourth-order valence-electron chi connectivity index (χ4n) is 2.83. The zero-order valence-electron chi connectivity index (χ0n) is 16.9. The molecule has 1 aliphatic heterocycles. The van der Waals surface area contributed by atoms with Crippen molar-refractivity contribution in [1.29, 1.82) is 0 Å². The summed E-state index contributed by atoms with van der Waals surface area (Å²) in [6, 6.07) is 10.6. The zero-order valence-corrected chi connectivity index (χ0v) is 19.2. The molecule has 3 rings (SSSR count). The lowest BCUT2D eigenvalue weighted by molar-refractivity contribution is -0.0505. The molecule has 2 aromatic carbocycles. The number of hydrogen-bond donors (Lipinski definition) is 2. The topological polar surface area (TPSA) is 73.3 Å². The Kier molecular flexibility index (Phi) is 9.63. The predicted octanol–water partition coefficient (Wildman–Crippen LogP) is 4.06. The van der Waals surface area contributed by atoms with E-state index in [0.717, 1.165) is 11.3 Å². The van der Waals surface area contributed by atoms with Gasteiger partial charge in [0, 0.05) is 37.3 Å². The van der Waals surface area contributed by atoms with Crippen LogP contribution in [0.4, 0.5) is 8.78 Å². The number of rotatable bonds is 9. The summed E-state index contributed by atoms with van der Waals surface area (Å²) in [6.07, 6.45) is 1.68. The number of fused-ring (bicyclic) bond motifs is 1. The number of guanidine groups is 1. The molecule has 0 aromatic heterocycles. The van der Waals surface area contributed by atoms with Crippen LogP contribution in [0.5, 0.6) is 23.0 Å². The van der Waals surface area contributed by atoms with Crippen LogP contribution in [-0.4, -0.2) is 33.0 Å². The first-order valence-corrected chi connectivity index (χ1v) is 9.24. The first-order chi connectivity index (χ1) is 14.6. The molecule has 0 radical (unpaired) electrons. The van der Waals surface area contributed by atoms with Gasteiger partial charge in [-0.3, -0.25) is 4.99 Å². The largest absolute Gasteiger partial charge is 0.489 e. The monoisotopic (exact) mass is 547 g/mol. The summed E-state index contributed by atoms with van der Waals surface area (Å²) in [4.78, 5) is 4.17. The van der Waals surface area contributed by atoms with Crippen molar-refractivity contribution in [1.82, 2.24) is 10.6 Å². The molecule has 31 heavy (non-hydrogen) atoms. The van der Waals surface area contributed by atoms with Crippen molar-refractivity contribution >= 4 is 29.9 Å². The molecule has 2 aromatic rings. The van der Waals surface area contributed by atoms with Gasteiger partial charge in [-0.05, 0) is 12.1 Å². The Balaban J connectivity index is 0.00000341. The second-order valence-electron chi connectivity index (χ2n) is 6.18. The van der Waals surface area contributed by atoms with Crippen LogP contribution in [-0.2, 0) is 13.1 Å². The maximum atomic E-state index is 12.8. The first kappa shape index (κ1) is 24.5. The highest BCUT2D eigenvalue weighted by Gasteiger charge is 2.20. The van der Waals surface area contributed by atoms with E-state index < -0.39 is 6.61 Å². The normalized spacial score (nSPS) is 12.2. The lowest BCUT2D eigenvalue weighted by atomic mass is 10.1. The predicted molar refractivity (Wildman–Crippen MR) is 124 cm³/mol. The highest BCUT2D eigenvalue weighted by atomic mass is 127. The van der Waals surface area contributed by atoms with Crippen LogP contribution in [0, 0.1) is 0 Å². The van der Waals surface area contributed by atoms with Gasteiger partial charge in [-0.1, -0.05) is 30.9 Å². The molecule has 0 aliphatic carbocycles. The Morgan fingerprint density at radius 1 is 1.13 bits per heavy atom. The van der Waals surface area contributed by atoms with Crippen molar-refractivity contribution in [3.8, 4) is 23.0 Å². The fourth-order valence-corrected chi connectivity index (χ4v) is 2.83. The molecule has 2 N–H and O–H groups in total. The van der Waals surface area contributed by atoms with Crippen LogP contribution >= 0.6 is 24.0 Å². The molecule has 1 heterocycles. The van der Waals surface area contributed by atoms with Gasteiger partial charge in [0.05, 0.1) is 0 Å². The van der Waals surface area contributed by atoms with E-state index in [9.17, 15) is 8.78 Å². The third-order valence-corrected chi connectivity index (χ3v) is 4.22. The third kappa shape index (κ3) is 6.88. The number of benzene rings is 2. The quantitative estimate of drug-likeness (QED) is 0.214. The van der Waals surface area contributed by atoms with E-state index in [-0.39, 0.29) is 43.1 Å². The summed E-state index contributed by atoms with van der Waals surface area (Å²) < 4.78 is 46.4. The molecular weight excluding hydrogens is 523 g/mol. The van der Waals surface area contributed by atoms with Gasteiger partial charge in [-0.25, -0.2) is 0 Å². The van der Waals surface area contributed by atoms with Crippen LogP contribution in [0.2, 0.25) is 0 Å². The van der Waals surface area contributed by atoms with Gasteiger partial charge in [-0.15, -0.1) is 24.0 Å². The maximum Gasteiger partial charge on any atom is 0.387 e. The lowest BCUT2D eigenvalue weighted by Gasteiger charge is -2.16. The number of nitrogens with zero attached hydrogens (tertiary/aromatic N) is 1. The van der Waals surface area contributed by atoms with Gasteiger partial charge in [-0.2, -0.15) is 8.78 Å². The molecule has 0 amide bonds. The van der Waals surface area contributed by atoms with Crippen molar-refractivity contribution in [3.05, 3.63) is 60.2 Å². The Labute approximate surface area is 196 Å². The van der Waals surface area contributed by atoms with Crippen LogP contribution in [0.1, 0.15) is 11.1 Å². The summed E-state index contributed by atoms with van der Waals surface area (Å²) in [6.45, 7) is 1.78. The zero-order chi connectivity index (χ0) is 21.3. The number of alkyl halides is 2. The molecule has 0 saturated carbocycles. The molecule has 10 heteroatoms. The van der Waals surface area contributed by atoms with E-state index in [1.807, 2.05) is 24.3 Å². The second kappa shape index (κ2) is 12.2. The fraction of sp³-hybridized carbons (Fsp3) is 0.286. The standard InChI is InChI=1S/C21H23F2N3O4.HI/c1-3-8-27-16-7-5-4-6-14(16)11-25-21(24-2)26-12-15-9-18-19(29-13-28-18)10-17(15)30-20(22)23;/h3-7,9-10,20H,1,8,11-13H2,2H3,(H2,24,25,26);1H. The van der Waals surface area contributed by atoms with Crippen molar-refractivity contribution < 1.29 is 27.7 Å². The molecule has 0 atom stereocenters. The molecular formula is C21H24F2IN3O4. The molecule has 168 valence electrons. The smallest absolute Gasteiger partial charge is 0.387 e. The minimum Gasteiger partial charge on any atom is -0.489 e. The summed E-state index contributed by atoms with van der Waals surface area (Å²) in [5, 5.41) is 6.26. The van der Waals surface area contributed by atoms with E-state index in [1.165, 1.54) is 6.07 Å². The van der Waals surface area contributed by atoms with Crippen molar-refractivity contribution in [2.24, 2.45) is 4.99 Å². The molecule has 0 saturated heterocycles. The number of para-hydroxylation sites is 1. The van der Waals surface area contributed by atoms with Gasteiger partial charge < -0.3 is 29.6 Å². The van der Waals surface area contributed by atoms with Crippen molar-refractivity contribution in [2.45, 2.75) is 19.7 Å². The van der Waals surface area contributed by atoms with Crippen molar-refractivity contribution in [3.63, 3.8) is 0 Å². The Morgan fingerprint density at radius 2 is 1.81 bits per heavy atom. The first-order valence-electron chi connectivity index (χ1n) is 9.24. The van der Waals surface area contributed by atoms with Crippen LogP contribution in [0.25, 0.3) is 0 Å². The van der Waals surface area contributed by atoms with Crippen molar-refractivity contribution in [2.75, 3.05) is 20.4 Å². The van der Waals surface area contributed by atoms with E-state index >= 15 is 0 Å². The molecule has 0 fully saturated rings. The van der Waals surface area contributed by atoms with Gasteiger partial charge in [0.15, 0.2) is 17.5 Å². The number of nitrogens with one attached hydrogen (secondary N) is 2. The Hall–Kier alpha value is -2.76. The summed E-state index contributed by atoms with van der Waals surface area (Å²) in [5.41, 5.74) is 1.42. The minimum atomic E-state index is -2.95. The highest BCUT2D eigenvalue weighted by Crippen LogP contribution is 2.38. The minimum absolute atomic E-state index is 0. The van der Waals surface area contributed by atoms with Crippen LogP contribution < -0.4 is 29.6 Å². The van der Waals surface area contributed by atoms with Gasteiger partial charge in [0.1, 0.15) is 18.1 Å². The Morgan fingerprint density at radius 3 is 2.48 bits per heavy atom. The van der Waals surface area contributed by atoms with Gasteiger partial charge in [0.25, 0.3) is 0 Å².